The molecule has 0 unspecified atom stereocenters. The molecule has 10 rings (SSSR count). The Balaban J connectivity index is 0.00000207. The standard InChI is InChI=1S/C37H38F2N10O2S.2ClH/c1-2-44-11-13-46(14-12-44)32-18-30-24(16-28(32)39)34(51)26(20-48(30)22-5-6-22)36-43-49-35(41-42-37(49)52-36)25-19-47(21-3-4-21)29-17-31(45-9-7-40-8-10-45)27(38)15-23(29)33(25)50;;/h15-22,40H,2-14H2,1H3;2*1H. The lowest BCUT2D eigenvalue weighted by molar-refractivity contribution is 0.270. The molecule has 54 heavy (non-hydrogen) atoms. The van der Waals surface area contributed by atoms with Crippen molar-refractivity contribution in [3.05, 3.63) is 68.7 Å². The first-order chi connectivity index (χ1) is 25.4. The summed E-state index contributed by atoms with van der Waals surface area (Å²) >= 11 is 1.19. The van der Waals surface area contributed by atoms with E-state index in [1.807, 2.05) is 23.2 Å². The summed E-state index contributed by atoms with van der Waals surface area (Å²) in [5.74, 6) is -0.610. The Bertz CT molecular complexity index is 2530. The van der Waals surface area contributed by atoms with Gasteiger partial charge in [-0.2, -0.15) is 9.61 Å². The van der Waals surface area contributed by atoms with Crippen LogP contribution in [0, 0.1) is 11.6 Å². The lowest BCUT2D eigenvalue weighted by Gasteiger charge is -2.35. The third-order valence-electron chi connectivity index (χ3n) is 11.2. The summed E-state index contributed by atoms with van der Waals surface area (Å²) in [5, 5.41) is 17.8. The maximum atomic E-state index is 15.8. The highest BCUT2D eigenvalue weighted by Crippen LogP contribution is 2.41. The number of hydrogen-bond donors (Lipinski definition) is 1. The number of benzene rings is 2. The molecule has 2 aliphatic carbocycles. The van der Waals surface area contributed by atoms with Crippen LogP contribution in [0.15, 0.2) is 46.2 Å². The Morgan fingerprint density at radius 3 is 1.83 bits per heavy atom. The molecule has 2 saturated carbocycles. The lowest BCUT2D eigenvalue weighted by atomic mass is 10.1. The Morgan fingerprint density at radius 1 is 0.741 bits per heavy atom. The molecule has 6 heterocycles. The Kier molecular flexibility index (Phi) is 9.66. The summed E-state index contributed by atoms with van der Waals surface area (Å²) in [6, 6.07) is 6.79. The fourth-order valence-corrected chi connectivity index (χ4v) is 8.77. The zero-order chi connectivity index (χ0) is 35.2. The van der Waals surface area contributed by atoms with E-state index in [9.17, 15) is 9.59 Å². The molecule has 284 valence electrons. The van der Waals surface area contributed by atoms with E-state index < -0.39 is 11.6 Å². The molecule has 4 aromatic heterocycles. The molecule has 6 aromatic rings. The summed E-state index contributed by atoms with van der Waals surface area (Å²) in [5.41, 5.74) is 2.40. The number of hydrogen-bond acceptors (Lipinski definition) is 10. The van der Waals surface area contributed by atoms with E-state index in [1.54, 1.807) is 6.20 Å². The molecule has 1 N–H and O–H groups in total. The van der Waals surface area contributed by atoms with E-state index in [0.29, 0.717) is 50.9 Å². The highest BCUT2D eigenvalue weighted by Gasteiger charge is 2.31. The van der Waals surface area contributed by atoms with Crippen molar-refractivity contribution in [2.45, 2.75) is 44.7 Å². The smallest absolute Gasteiger partial charge is 0.235 e. The number of aromatic nitrogens is 6. The van der Waals surface area contributed by atoms with Gasteiger partial charge in [-0.3, -0.25) is 9.59 Å². The zero-order valence-corrected chi connectivity index (χ0v) is 32.1. The number of rotatable bonds is 7. The number of nitrogens with zero attached hydrogens (tertiary/aromatic N) is 9. The maximum absolute atomic E-state index is 15.8. The average molecular weight is 798 g/mol. The Hall–Kier alpha value is -4.15. The van der Waals surface area contributed by atoms with E-state index in [-0.39, 0.29) is 64.5 Å². The van der Waals surface area contributed by atoms with Gasteiger partial charge in [0.2, 0.25) is 10.4 Å². The van der Waals surface area contributed by atoms with Gasteiger partial charge >= 0.3 is 0 Å². The van der Waals surface area contributed by atoms with Gasteiger partial charge < -0.3 is 29.2 Å². The fourth-order valence-electron chi connectivity index (χ4n) is 7.93. The number of fused-ring (bicyclic) bond motifs is 3. The fraction of sp³-hybridized carbons (Fsp3) is 0.432. The van der Waals surface area contributed by atoms with Crippen LogP contribution in [0.25, 0.3) is 48.7 Å². The van der Waals surface area contributed by atoms with E-state index in [2.05, 4.69) is 41.4 Å². The first-order valence-electron chi connectivity index (χ1n) is 18.3. The minimum Gasteiger partial charge on any atom is -0.367 e. The number of piperazine rings is 2. The third kappa shape index (κ3) is 6.13. The Morgan fingerprint density at radius 2 is 1.28 bits per heavy atom. The van der Waals surface area contributed by atoms with Gasteiger partial charge in [-0.15, -0.1) is 35.0 Å². The lowest BCUT2D eigenvalue weighted by Crippen LogP contribution is -2.46. The van der Waals surface area contributed by atoms with E-state index in [4.69, 9.17) is 5.10 Å². The molecule has 0 amide bonds. The van der Waals surface area contributed by atoms with Crippen LogP contribution in [0.5, 0.6) is 0 Å². The molecular weight excluding hydrogens is 757 g/mol. The highest BCUT2D eigenvalue weighted by atomic mass is 35.5. The van der Waals surface area contributed by atoms with Crippen molar-refractivity contribution in [1.82, 2.24) is 39.2 Å². The second-order valence-corrected chi connectivity index (χ2v) is 15.4. The molecule has 4 fully saturated rings. The maximum Gasteiger partial charge on any atom is 0.235 e. The van der Waals surface area contributed by atoms with Gasteiger partial charge in [0.25, 0.3) is 0 Å². The molecule has 0 bridgehead atoms. The van der Waals surface area contributed by atoms with Gasteiger partial charge in [0.1, 0.15) is 11.6 Å². The summed E-state index contributed by atoms with van der Waals surface area (Å²) in [4.78, 5) is 35.1. The molecule has 4 aliphatic rings. The van der Waals surface area contributed by atoms with E-state index in [1.165, 1.54) is 28.0 Å². The second-order valence-electron chi connectivity index (χ2n) is 14.4. The SMILES string of the molecule is CCN1CCN(c2cc3c(cc2F)c(=O)c(-c2nn4c(-c5cn(C6CC6)c6cc(N7CCNCC7)c(F)cc6c5=O)nnc4s2)cn3C2CC2)CC1.Cl.Cl. The zero-order valence-electron chi connectivity index (χ0n) is 29.6. The van der Waals surface area contributed by atoms with Gasteiger partial charge in [-0.05, 0) is 56.5 Å². The number of halogens is 4. The summed E-state index contributed by atoms with van der Waals surface area (Å²) in [6.45, 7) is 9.21. The van der Waals surface area contributed by atoms with Crippen LogP contribution in [0.3, 0.4) is 0 Å². The first-order valence-corrected chi connectivity index (χ1v) is 19.1. The summed E-state index contributed by atoms with van der Waals surface area (Å²) in [6.07, 6.45) is 7.51. The van der Waals surface area contributed by atoms with Crippen molar-refractivity contribution >= 4 is 74.3 Å². The summed E-state index contributed by atoms with van der Waals surface area (Å²) < 4.78 is 37.1. The van der Waals surface area contributed by atoms with Gasteiger partial charge in [0.05, 0.1) is 33.5 Å². The van der Waals surface area contributed by atoms with Gasteiger partial charge in [-0.1, -0.05) is 18.3 Å². The van der Waals surface area contributed by atoms with Crippen LogP contribution < -0.4 is 26.0 Å². The molecule has 2 saturated heterocycles. The normalized spacial score (nSPS) is 18.1. The molecular formula is C37H40Cl2F2N10O2S. The molecule has 2 aliphatic heterocycles. The van der Waals surface area contributed by atoms with Crippen molar-refractivity contribution in [3.8, 4) is 22.0 Å². The molecule has 0 spiro atoms. The van der Waals surface area contributed by atoms with Crippen LogP contribution in [-0.2, 0) is 0 Å². The van der Waals surface area contributed by atoms with Crippen molar-refractivity contribution in [2.24, 2.45) is 0 Å². The molecule has 2 aromatic carbocycles. The molecule has 0 atom stereocenters. The van der Waals surface area contributed by atoms with Gasteiger partial charge in [0.15, 0.2) is 16.3 Å². The van der Waals surface area contributed by atoms with Gasteiger partial charge in [0, 0.05) is 87.6 Å². The third-order valence-corrected chi connectivity index (χ3v) is 12.1. The van der Waals surface area contributed by atoms with Crippen molar-refractivity contribution < 1.29 is 8.78 Å². The van der Waals surface area contributed by atoms with Crippen molar-refractivity contribution in [1.29, 1.82) is 0 Å². The molecule has 0 radical (unpaired) electrons. The van der Waals surface area contributed by atoms with E-state index >= 15 is 8.78 Å². The molecule has 17 heteroatoms. The Labute approximate surface area is 325 Å². The van der Waals surface area contributed by atoms with Gasteiger partial charge in [-0.25, -0.2) is 8.78 Å². The first kappa shape index (κ1) is 36.8. The van der Waals surface area contributed by atoms with E-state index in [0.717, 1.165) is 77.0 Å². The predicted molar refractivity (Wildman–Crippen MR) is 213 cm³/mol. The minimum absolute atomic E-state index is 0. The largest absolute Gasteiger partial charge is 0.367 e. The number of anilines is 2. The van der Waals surface area contributed by atoms with Crippen LogP contribution >= 0.6 is 36.2 Å². The average Bonchev–Trinajstić information content (AvgIpc) is 4.10. The van der Waals surface area contributed by atoms with Crippen molar-refractivity contribution in [2.75, 3.05) is 68.7 Å². The second kappa shape index (κ2) is 14.2. The quantitative estimate of drug-likeness (QED) is 0.225. The highest BCUT2D eigenvalue weighted by molar-refractivity contribution is 7.19. The van der Waals surface area contributed by atoms with Crippen molar-refractivity contribution in [3.63, 3.8) is 0 Å². The van der Waals surface area contributed by atoms with Crippen LogP contribution in [-0.4, -0.2) is 92.7 Å². The molecule has 12 nitrogen and oxygen atoms in total. The number of nitrogens with one attached hydrogen (secondary N) is 1. The van der Waals surface area contributed by atoms with Crippen LogP contribution in [0.1, 0.15) is 44.7 Å². The minimum atomic E-state index is -0.431. The predicted octanol–water partition coefficient (Wildman–Crippen LogP) is 5.49. The monoisotopic (exact) mass is 796 g/mol. The topological polar surface area (TPSA) is 109 Å². The summed E-state index contributed by atoms with van der Waals surface area (Å²) in [7, 11) is 0. The number of pyridine rings is 2. The van der Waals surface area contributed by atoms with Crippen LogP contribution in [0.4, 0.5) is 20.2 Å². The number of likely N-dealkylation sites (N-methyl/N-ethyl adjacent to an activating group) is 1. The van der Waals surface area contributed by atoms with Crippen LogP contribution in [0.2, 0.25) is 0 Å².